The van der Waals surface area contributed by atoms with E-state index in [1.54, 1.807) is 0 Å². The predicted octanol–water partition coefficient (Wildman–Crippen LogP) is 2.73. The van der Waals surface area contributed by atoms with Crippen LogP contribution in [-0.2, 0) is 4.79 Å². The van der Waals surface area contributed by atoms with E-state index in [4.69, 9.17) is 0 Å². The molecule has 0 aromatic rings. The highest BCUT2D eigenvalue weighted by molar-refractivity contribution is 5.49. The third-order valence-electron chi connectivity index (χ3n) is 5.26. The fourth-order valence-corrected chi connectivity index (χ4v) is 4.38. The van der Waals surface area contributed by atoms with Crippen molar-refractivity contribution in [3.8, 4) is 0 Å². The molecule has 2 bridgehead atoms. The predicted molar refractivity (Wildman–Crippen MR) is 61.5 cm³/mol. The quantitative estimate of drug-likeness (QED) is 0.709. The van der Waals surface area contributed by atoms with Crippen LogP contribution in [0.2, 0.25) is 0 Å². The average Bonchev–Trinajstić information content (AvgIpc) is 2.71. The van der Waals surface area contributed by atoms with E-state index in [9.17, 15) is 4.79 Å². The van der Waals surface area contributed by atoms with E-state index in [0.29, 0.717) is 0 Å². The standard InChI is InChI=1S/C13H23NO/c1-4-7-13(14-9-15)11-6-5-10(8-11)12(13,2)3/h9-11H,4-8H2,1-3H3,(H,14,15)/t10-,11-,13-/m0/s1. The zero-order valence-electron chi connectivity index (χ0n) is 10.2. The molecule has 2 aliphatic rings. The van der Waals surface area contributed by atoms with Gasteiger partial charge in [-0.3, -0.25) is 4.79 Å². The molecule has 2 heteroatoms. The minimum absolute atomic E-state index is 0.0897. The Kier molecular flexibility index (Phi) is 2.56. The van der Waals surface area contributed by atoms with Crippen molar-refractivity contribution in [3.05, 3.63) is 0 Å². The highest BCUT2D eigenvalue weighted by Gasteiger charge is 2.62. The maximum atomic E-state index is 10.9. The van der Waals surface area contributed by atoms with Gasteiger partial charge in [-0.15, -0.1) is 0 Å². The number of amides is 1. The van der Waals surface area contributed by atoms with Gasteiger partial charge in [-0.25, -0.2) is 0 Å². The van der Waals surface area contributed by atoms with Gasteiger partial charge in [0.05, 0.1) is 0 Å². The van der Waals surface area contributed by atoms with Gasteiger partial charge in [0.15, 0.2) is 0 Å². The molecule has 2 saturated carbocycles. The van der Waals surface area contributed by atoms with Crippen LogP contribution in [0, 0.1) is 17.3 Å². The Morgan fingerprint density at radius 2 is 2.00 bits per heavy atom. The summed E-state index contributed by atoms with van der Waals surface area (Å²) in [6, 6.07) is 0. The Labute approximate surface area is 92.8 Å². The second-order valence-corrected chi connectivity index (χ2v) is 5.91. The van der Waals surface area contributed by atoms with Crippen molar-refractivity contribution < 1.29 is 4.79 Å². The first-order valence-corrected chi connectivity index (χ1v) is 6.30. The Bertz CT molecular complexity index is 261. The normalized spacial score (nSPS) is 41.8. The number of nitrogens with one attached hydrogen (secondary N) is 1. The van der Waals surface area contributed by atoms with Crippen LogP contribution < -0.4 is 5.32 Å². The van der Waals surface area contributed by atoms with Crippen molar-refractivity contribution in [2.45, 2.75) is 58.4 Å². The molecule has 0 radical (unpaired) electrons. The molecule has 0 spiro atoms. The number of carbonyl (C=O) groups is 1. The highest BCUT2D eigenvalue weighted by Crippen LogP contribution is 2.62. The van der Waals surface area contributed by atoms with Gasteiger partial charge in [-0.05, 0) is 42.9 Å². The second kappa shape index (κ2) is 3.50. The summed E-state index contributed by atoms with van der Waals surface area (Å²) in [5, 5.41) is 3.20. The molecule has 2 fully saturated rings. The van der Waals surface area contributed by atoms with E-state index in [1.165, 1.54) is 19.3 Å². The summed E-state index contributed by atoms with van der Waals surface area (Å²) in [6.45, 7) is 6.92. The van der Waals surface area contributed by atoms with E-state index in [1.807, 2.05) is 0 Å². The largest absolute Gasteiger partial charge is 0.352 e. The Hall–Kier alpha value is -0.530. The molecule has 0 aromatic carbocycles. The maximum Gasteiger partial charge on any atom is 0.207 e. The van der Waals surface area contributed by atoms with Crippen molar-refractivity contribution in [1.82, 2.24) is 5.32 Å². The van der Waals surface area contributed by atoms with Crippen LogP contribution in [0.25, 0.3) is 0 Å². The lowest BCUT2D eigenvalue weighted by Crippen LogP contribution is -2.59. The monoisotopic (exact) mass is 209 g/mol. The van der Waals surface area contributed by atoms with E-state index in [2.05, 4.69) is 26.1 Å². The smallest absolute Gasteiger partial charge is 0.207 e. The second-order valence-electron chi connectivity index (χ2n) is 5.91. The van der Waals surface area contributed by atoms with Crippen molar-refractivity contribution in [2.24, 2.45) is 17.3 Å². The van der Waals surface area contributed by atoms with Crippen LogP contribution >= 0.6 is 0 Å². The van der Waals surface area contributed by atoms with Crippen LogP contribution in [0.15, 0.2) is 0 Å². The van der Waals surface area contributed by atoms with Crippen LogP contribution in [0.5, 0.6) is 0 Å². The minimum Gasteiger partial charge on any atom is -0.352 e. The molecule has 2 rings (SSSR count). The van der Waals surface area contributed by atoms with E-state index in [-0.39, 0.29) is 11.0 Å². The molecule has 2 nitrogen and oxygen atoms in total. The summed E-state index contributed by atoms with van der Waals surface area (Å²) >= 11 is 0. The minimum atomic E-state index is 0.0897. The van der Waals surface area contributed by atoms with Gasteiger partial charge in [0.2, 0.25) is 6.41 Å². The lowest BCUT2D eigenvalue weighted by Gasteiger charge is -2.50. The molecule has 1 amide bonds. The molecular formula is C13H23NO. The van der Waals surface area contributed by atoms with Crippen LogP contribution in [0.3, 0.4) is 0 Å². The SMILES string of the molecule is CCC[C@]1(NC=O)[C@H]2CC[C@@H](C2)C1(C)C. The Morgan fingerprint density at radius 1 is 1.33 bits per heavy atom. The molecule has 0 aromatic heterocycles. The maximum absolute atomic E-state index is 10.9. The van der Waals surface area contributed by atoms with E-state index < -0.39 is 0 Å². The van der Waals surface area contributed by atoms with E-state index in [0.717, 1.165) is 31.1 Å². The summed E-state index contributed by atoms with van der Waals surface area (Å²) in [5.74, 6) is 1.55. The van der Waals surface area contributed by atoms with Crippen molar-refractivity contribution in [1.29, 1.82) is 0 Å². The number of hydrogen-bond donors (Lipinski definition) is 1. The van der Waals surface area contributed by atoms with Gasteiger partial charge in [0.1, 0.15) is 0 Å². The lowest BCUT2D eigenvalue weighted by atomic mass is 9.61. The van der Waals surface area contributed by atoms with Crippen molar-refractivity contribution in [3.63, 3.8) is 0 Å². The van der Waals surface area contributed by atoms with Gasteiger partial charge in [0, 0.05) is 5.54 Å². The molecule has 1 N–H and O–H groups in total. The average molecular weight is 209 g/mol. The van der Waals surface area contributed by atoms with Crippen LogP contribution in [0.4, 0.5) is 0 Å². The molecule has 86 valence electrons. The van der Waals surface area contributed by atoms with Gasteiger partial charge in [-0.1, -0.05) is 27.2 Å². The third-order valence-corrected chi connectivity index (χ3v) is 5.26. The molecule has 0 unspecified atom stereocenters. The Morgan fingerprint density at radius 3 is 2.47 bits per heavy atom. The number of rotatable bonds is 4. The summed E-state index contributed by atoms with van der Waals surface area (Å²) in [6.07, 6.45) is 7.23. The van der Waals surface area contributed by atoms with Gasteiger partial charge in [-0.2, -0.15) is 0 Å². The van der Waals surface area contributed by atoms with Gasteiger partial charge < -0.3 is 5.32 Å². The topological polar surface area (TPSA) is 29.1 Å². The first kappa shape index (κ1) is 11.0. The highest BCUT2D eigenvalue weighted by atomic mass is 16.1. The van der Waals surface area contributed by atoms with Crippen molar-refractivity contribution >= 4 is 6.41 Å². The number of fused-ring (bicyclic) bond motifs is 2. The molecule has 0 saturated heterocycles. The summed E-state index contributed by atoms with van der Waals surface area (Å²) in [7, 11) is 0. The van der Waals surface area contributed by atoms with Crippen LogP contribution in [-0.4, -0.2) is 11.9 Å². The Balaban J connectivity index is 2.32. The zero-order chi connectivity index (χ0) is 11.1. The van der Waals surface area contributed by atoms with Gasteiger partial charge in [0.25, 0.3) is 0 Å². The molecule has 2 aliphatic carbocycles. The summed E-state index contributed by atoms with van der Waals surface area (Å²) in [5.41, 5.74) is 0.374. The number of carbonyl (C=O) groups excluding carboxylic acids is 1. The van der Waals surface area contributed by atoms with Crippen molar-refractivity contribution in [2.75, 3.05) is 0 Å². The third kappa shape index (κ3) is 1.26. The molecule has 15 heavy (non-hydrogen) atoms. The molecular weight excluding hydrogens is 186 g/mol. The fraction of sp³-hybridized carbons (Fsp3) is 0.923. The zero-order valence-corrected chi connectivity index (χ0v) is 10.2. The molecule has 0 aliphatic heterocycles. The summed E-state index contributed by atoms with van der Waals surface area (Å²) < 4.78 is 0. The van der Waals surface area contributed by atoms with Crippen LogP contribution in [0.1, 0.15) is 52.9 Å². The number of hydrogen-bond acceptors (Lipinski definition) is 1. The first-order chi connectivity index (χ1) is 7.08. The summed E-state index contributed by atoms with van der Waals surface area (Å²) in [4.78, 5) is 10.9. The first-order valence-electron chi connectivity index (χ1n) is 6.30. The lowest BCUT2D eigenvalue weighted by molar-refractivity contribution is -0.114. The molecule has 3 atom stereocenters. The van der Waals surface area contributed by atoms with E-state index >= 15 is 0 Å². The fourth-order valence-electron chi connectivity index (χ4n) is 4.38. The van der Waals surface area contributed by atoms with Gasteiger partial charge >= 0.3 is 0 Å². The molecule has 0 heterocycles.